The second-order valence-electron chi connectivity index (χ2n) is 3.93. The predicted molar refractivity (Wildman–Crippen MR) is 73.1 cm³/mol. The quantitative estimate of drug-likeness (QED) is 0.845. The fraction of sp³-hybridized carbons (Fsp3) is 0.308. The van der Waals surface area contributed by atoms with Gasteiger partial charge < -0.3 is 4.90 Å². The van der Waals surface area contributed by atoms with Gasteiger partial charge in [0.15, 0.2) is 0 Å². The highest BCUT2D eigenvalue weighted by atomic mass is 32.1. The summed E-state index contributed by atoms with van der Waals surface area (Å²) in [6.07, 6.45) is 1.93. The average Bonchev–Trinajstić information content (AvgIpc) is 2.87. The topological polar surface area (TPSA) is 52.8 Å². The Morgan fingerprint density at radius 2 is 2.17 bits per heavy atom. The summed E-state index contributed by atoms with van der Waals surface area (Å²) in [6.45, 7) is 2.11. The van der Waals surface area contributed by atoms with Gasteiger partial charge in [0.25, 0.3) is 0 Å². The first-order chi connectivity index (χ1) is 8.76. The standard InChI is InChI=1S/C13H14N4S/c1-3-6-12-15-13(18-16-12)17(2)11-8-5-4-7-10(11)9-14/h4-5,7-8H,3,6H2,1-2H3. The van der Waals surface area contributed by atoms with Gasteiger partial charge in [-0.25, -0.2) is 4.98 Å². The summed E-state index contributed by atoms with van der Waals surface area (Å²) in [5.74, 6) is 0.874. The van der Waals surface area contributed by atoms with Crippen molar-refractivity contribution in [3.63, 3.8) is 0 Å². The summed E-state index contributed by atoms with van der Waals surface area (Å²) in [6, 6.07) is 9.69. The SMILES string of the molecule is CCCc1nsc(N(C)c2ccccc2C#N)n1. The lowest BCUT2D eigenvalue weighted by molar-refractivity contribution is 0.859. The Morgan fingerprint density at radius 3 is 2.89 bits per heavy atom. The fourth-order valence-electron chi connectivity index (χ4n) is 1.67. The summed E-state index contributed by atoms with van der Waals surface area (Å²) in [4.78, 5) is 6.39. The first-order valence-corrected chi connectivity index (χ1v) is 6.59. The number of hydrogen-bond donors (Lipinski definition) is 0. The van der Waals surface area contributed by atoms with Crippen molar-refractivity contribution in [2.45, 2.75) is 19.8 Å². The van der Waals surface area contributed by atoms with Crippen LogP contribution in [0, 0.1) is 11.3 Å². The summed E-state index contributed by atoms with van der Waals surface area (Å²) >= 11 is 1.37. The summed E-state index contributed by atoms with van der Waals surface area (Å²) in [5.41, 5.74) is 1.51. The molecule has 4 nitrogen and oxygen atoms in total. The molecule has 0 N–H and O–H groups in total. The van der Waals surface area contributed by atoms with Gasteiger partial charge in [-0.3, -0.25) is 0 Å². The van der Waals surface area contributed by atoms with Crippen LogP contribution in [0.4, 0.5) is 10.8 Å². The Hall–Kier alpha value is -1.93. The number of nitrogens with zero attached hydrogens (tertiary/aromatic N) is 4. The van der Waals surface area contributed by atoms with Gasteiger partial charge >= 0.3 is 0 Å². The van der Waals surface area contributed by atoms with Crippen molar-refractivity contribution >= 4 is 22.4 Å². The first kappa shape index (κ1) is 12.5. The van der Waals surface area contributed by atoms with Gasteiger partial charge in [-0.1, -0.05) is 19.1 Å². The van der Waals surface area contributed by atoms with Crippen molar-refractivity contribution in [2.75, 3.05) is 11.9 Å². The summed E-state index contributed by atoms with van der Waals surface area (Å²) in [7, 11) is 1.91. The number of anilines is 2. The first-order valence-electron chi connectivity index (χ1n) is 5.81. The molecule has 0 fully saturated rings. The van der Waals surface area contributed by atoms with Gasteiger partial charge in [-0.15, -0.1) is 0 Å². The van der Waals surface area contributed by atoms with E-state index in [0.717, 1.165) is 29.5 Å². The molecular formula is C13H14N4S. The minimum absolute atomic E-state index is 0.646. The van der Waals surface area contributed by atoms with Crippen LogP contribution in [-0.2, 0) is 6.42 Å². The lowest BCUT2D eigenvalue weighted by Gasteiger charge is -2.16. The van der Waals surface area contributed by atoms with E-state index in [-0.39, 0.29) is 0 Å². The van der Waals surface area contributed by atoms with Gasteiger partial charge in [-0.2, -0.15) is 9.64 Å². The largest absolute Gasteiger partial charge is 0.318 e. The highest BCUT2D eigenvalue weighted by molar-refractivity contribution is 7.09. The van der Waals surface area contributed by atoms with Crippen molar-refractivity contribution in [3.05, 3.63) is 35.7 Å². The van der Waals surface area contributed by atoms with E-state index in [0.29, 0.717) is 5.56 Å². The molecule has 0 aliphatic rings. The Morgan fingerprint density at radius 1 is 1.39 bits per heavy atom. The number of aromatic nitrogens is 2. The molecule has 0 spiro atoms. The van der Waals surface area contributed by atoms with E-state index in [1.807, 2.05) is 30.1 Å². The van der Waals surface area contributed by atoms with E-state index in [1.54, 1.807) is 6.07 Å². The number of benzene rings is 1. The van der Waals surface area contributed by atoms with Gasteiger partial charge in [0.1, 0.15) is 11.9 Å². The third-order valence-electron chi connectivity index (χ3n) is 2.60. The molecule has 1 heterocycles. The van der Waals surface area contributed by atoms with Gasteiger partial charge in [-0.05, 0) is 18.6 Å². The second-order valence-corrected chi connectivity index (χ2v) is 4.66. The Kier molecular flexibility index (Phi) is 3.90. The smallest absolute Gasteiger partial charge is 0.209 e. The zero-order chi connectivity index (χ0) is 13.0. The van der Waals surface area contributed by atoms with Crippen LogP contribution in [0.15, 0.2) is 24.3 Å². The number of nitriles is 1. The molecule has 5 heteroatoms. The number of rotatable bonds is 4. The van der Waals surface area contributed by atoms with E-state index in [4.69, 9.17) is 5.26 Å². The molecular weight excluding hydrogens is 244 g/mol. The van der Waals surface area contributed by atoms with Crippen molar-refractivity contribution in [1.82, 2.24) is 9.36 Å². The van der Waals surface area contributed by atoms with E-state index in [2.05, 4.69) is 22.4 Å². The van der Waals surface area contributed by atoms with E-state index in [9.17, 15) is 0 Å². The zero-order valence-electron chi connectivity index (χ0n) is 10.4. The molecule has 2 rings (SSSR count). The monoisotopic (exact) mass is 258 g/mol. The maximum atomic E-state index is 9.09. The number of para-hydroxylation sites is 1. The van der Waals surface area contributed by atoms with Crippen LogP contribution in [0.2, 0.25) is 0 Å². The molecule has 0 aliphatic heterocycles. The molecule has 0 radical (unpaired) electrons. The lowest BCUT2D eigenvalue weighted by atomic mass is 10.2. The lowest BCUT2D eigenvalue weighted by Crippen LogP contribution is -2.10. The summed E-state index contributed by atoms with van der Waals surface area (Å²) < 4.78 is 4.31. The minimum atomic E-state index is 0.646. The van der Waals surface area contributed by atoms with Gasteiger partial charge in [0.2, 0.25) is 5.13 Å². The van der Waals surface area contributed by atoms with Crippen molar-refractivity contribution in [1.29, 1.82) is 5.26 Å². The minimum Gasteiger partial charge on any atom is -0.318 e. The normalized spacial score (nSPS) is 10.1. The van der Waals surface area contributed by atoms with Crippen molar-refractivity contribution in [2.24, 2.45) is 0 Å². The fourth-order valence-corrected chi connectivity index (χ4v) is 2.36. The molecule has 0 atom stereocenters. The highest BCUT2D eigenvalue weighted by Crippen LogP contribution is 2.27. The Balaban J connectivity index is 2.30. The van der Waals surface area contributed by atoms with Crippen LogP contribution in [-0.4, -0.2) is 16.4 Å². The molecule has 1 aromatic heterocycles. The summed E-state index contributed by atoms with van der Waals surface area (Å²) in [5, 5.41) is 9.91. The maximum absolute atomic E-state index is 9.09. The second kappa shape index (κ2) is 5.61. The molecule has 0 saturated carbocycles. The molecule has 92 valence electrons. The zero-order valence-corrected chi connectivity index (χ0v) is 11.2. The Bertz CT molecular complexity index is 570. The molecule has 0 bridgehead atoms. The molecule has 1 aromatic carbocycles. The molecule has 0 aliphatic carbocycles. The molecule has 0 saturated heterocycles. The van der Waals surface area contributed by atoms with E-state index >= 15 is 0 Å². The number of aryl methyl sites for hydroxylation is 1. The van der Waals surface area contributed by atoms with E-state index in [1.165, 1.54) is 11.5 Å². The maximum Gasteiger partial charge on any atom is 0.209 e. The third kappa shape index (κ3) is 2.49. The van der Waals surface area contributed by atoms with Crippen LogP contribution in [0.25, 0.3) is 0 Å². The van der Waals surface area contributed by atoms with Crippen LogP contribution in [0.3, 0.4) is 0 Å². The molecule has 2 aromatic rings. The third-order valence-corrected chi connectivity index (χ3v) is 3.43. The van der Waals surface area contributed by atoms with Crippen molar-refractivity contribution in [3.8, 4) is 6.07 Å². The van der Waals surface area contributed by atoms with Crippen LogP contribution >= 0.6 is 11.5 Å². The predicted octanol–water partition coefficient (Wildman–Crippen LogP) is 3.13. The number of hydrogen-bond acceptors (Lipinski definition) is 5. The average molecular weight is 258 g/mol. The van der Waals surface area contributed by atoms with Crippen LogP contribution in [0.5, 0.6) is 0 Å². The molecule has 0 amide bonds. The highest BCUT2D eigenvalue weighted by Gasteiger charge is 2.12. The molecule has 0 unspecified atom stereocenters. The van der Waals surface area contributed by atoms with Crippen molar-refractivity contribution < 1.29 is 0 Å². The molecule has 18 heavy (non-hydrogen) atoms. The van der Waals surface area contributed by atoms with Gasteiger partial charge in [0.05, 0.1) is 11.3 Å². The Labute approximate surface area is 111 Å². The van der Waals surface area contributed by atoms with Crippen LogP contribution < -0.4 is 4.90 Å². The van der Waals surface area contributed by atoms with Gasteiger partial charge in [0, 0.05) is 25.0 Å². The van der Waals surface area contributed by atoms with E-state index < -0.39 is 0 Å². The van der Waals surface area contributed by atoms with Crippen LogP contribution in [0.1, 0.15) is 24.7 Å².